The second-order valence-electron chi connectivity index (χ2n) is 9.67. The van der Waals surface area contributed by atoms with Crippen LogP contribution < -0.4 is 5.32 Å². The van der Waals surface area contributed by atoms with E-state index < -0.39 is 35.5 Å². The fourth-order valence-corrected chi connectivity index (χ4v) is 5.32. The van der Waals surface area contributed by atoms with Crippen LogP contribution in [0.2, 0.25) is 0 Å². The number of halogens is 3. The van der Waals surface area contributed by atoms with Crippen LogP contribution in [0.5, 0.6) is 0 Å². The number of benzene rings is 2. The summed E-state index contributed by atoms with van der Waals surface area (Å²) in [5.41, 5.74) is -0.493. The third-order valence-electron chi connectivity index (χ3n) is 7.24. The zero-order chi connectivity index (χ0) is 27.5. The Bertz CT molecular complexity index is 1210. The number of carboxylic acids is 1. The topological polar surface area (TPSA) is 89.9 Å². The third kappa shape index (κ3) is 5.75. The second-order valence-corrected chi connectivity index (χ2v) is 9.67. The van der Waals surface area contributed by atoms with E-state index in [1.165, 1.54) is 29.2 Å². The molecule has 2 aromatic rings. The Morgan fingerprint density at radius 1 is 1.13 bits per heavy atom. The molecule has 2 fully saturated rings. The molecule has 2 aliphatic heterocycles. The van der Waals surface area contributed by atoms with Crippen LogP contribution in [0.15, 0.2) is 60.7 Å². The van der Waals surface area contributed by atoms with Crippen LogP contribution >= 0.6 is 0 Å². The van der Waals surface area contributed by atoms with Gasteiger partial charge in [-0.2, -0.15) is 13.2 Å². The molecule has 2 atom stereocenters. The van der Waals surface area contributed by atoms with E-state index in [9.17, 15) is 32.7 Å². The predicted octanol–water partition coefficient (Wildman–Crippen LogP) is 3.94. The number of rotatable bonds is 7. The Morgan fingerprint density at radius 3 is 2.42 bits per heavy atom. The molecule has 0 aromatic heterocycles. The first kappa shape index (κ1) is 27.4. The van der Waals surface area contributed by atoms with Gasteiger partial charge in [0, 0.05) is 32.0 Å². The van der Waals surface area contributed by atoms with Crippen molar-refractivity contribution < 1.29 is 32.7 Å². The summed E-state index contributed by atoms with van der Waals surface area (Å²) in [7, 11) is 0. The fraction of sp³-hybridized carbons (Fsp3) is 0.393. The third-order valence-corrected chi connectivity index (χ3v) is 7.24. The minimum absolute atomic E-state index is 0.241. The molecule has 38 heavy (non-hydrogen) atoms. The van der Waals surface area contributed by atoms with Gasteiger partial charge in [-0.05, 0) is 42.2 Å². The van der Waals surface area contributed by atoms with Gasteiger partial charge in [-0.3, -0.25) is 14.9 Å². The van der Waals surface area contributed by atoms with E-state index in [-0.39, 0.29) is 36.9 Å². The van der Waals surface area contributed by atoms with Crippen molar-refractivity contribution in [2.45, 2.75) is 56.5 Å². The standard InChI is InChI=1S/C28H30F3N3O4/c1-2-23(26(37)38)34-25(36)22(18-19-7-4-3-5-8-19)32-27(34)13-15-33(16-14-27)24(35)12-11-20-9-6-10-21(17-20)28(29,30)31/h3-12,17,22-23,32H,2,13-16,18H2,1H3,(H,37,38). The number of nitrogens with zero attached hydrogens (tertiary/aromatic N) is 2. The molecule has 2 aliphatic rings. The van der Waals surface area contributed by atoms with E-state index in [0.717, 1.165) is 17.7 Å². The molecule has 0 bridgehead atoms. The maximum absolute atomic E-state index is 13.5. The normalized spacial score (nSPS) is 20.3. The summed E-state index contributed by atoms with van der Waals surface area (Å²) in [6.45, 7) is 2.24. The number of alkyl halides is 3. The van der Waals surface area contributed by atoms with Crippen molar-refractivity contribution in [3.63, 3.8) is 0 Å². The number of hydrogen-bond acceptors (Lipinski definition) is 4. The van der Waals surface area contributed by atoms with Crippen molar-refractivity contribution in [2.24, 2.45) is 0 Å². The van der Waals surface area contributed by atoms with Gasteiger partial charge >= 0.3 is 12.1 Å². The zero-order valence-electron chi connectivity index (χ0n) is 20.9. The Balaban J connectivity index is 1.48. The molecule has 2 heterocycles. The quantitative estimate of drug-likeness (QED) is 0.531. The molecular formula is C28H30F3N3O4. The predicted molar refractivity (Wildman–Crippen MR) is 135 cm³/mol. The molecule has 7 nitrogen and oxygen atoms in total. The van der Waals surface area contributed by atoms with Crippen LogP contribution in [0.1, 0.15) is 42.9 Å². The van der Waals surface area contributed by atoms with Crippen molar-refractivity contribution in [2.75, 3.05) is 13.1 Å². The van der Waals surface area contributed by atoms with Gasteiger partial charge in [0.15, 0.2) is 0 Å². The molecule has 202 valence electrons. The fourth-order valence-electron chi connectivity index (χ4n) is 5.32. The molecule has 10 heteroatoms. The maximum atomic E-state index is 13.5. The van der Waals surface area contributed by atoms with Crippen LogP contribution in [0.25, 0.3) is 6.08 Å². The Kier molecular flexibility index (Phi) is 7.91. The lowest BCUT2D eigenvalue weighted by Crippen LogP contribution is -2.63. The maximum Gasteiger partial charge on any atom is 0.416 e. The summed E-state index contributed by atoms with van der Waals surface area (Å²) in [4.78, 5) is 41.4. The monoisotopic (exact) mass is 529 g/mol. The summed E-state index contributed by atoms with van der Waals surface area (Å²) in [5, 5.41) is 13.3. The Hall–Kier alpha value is -3.66. The van der Waals surface area contributed by atoms with Crippen molar-refractivity contribution in [3.8, 4) is 0 Å². The smallest absolute Gasteiger partial charge is 0.416 e. The highest BCUT2D eigenvalue weighted by Gasteiger charge is 2.55. The number of likely N-dealkylation sites (tertiary alicyclic amines) is 1. The molecule has 2 amide bonds. The summed E-state index contributed by atoms with van der Waals surface area (Å²) >= 11 is 0. The van der Waals surface area contributed by atoms with Crippen LogP contribution in [0, 0.1) is 0 Å². The summed E-state index contributed by atoms with van der Waals surface area (Å²) < 4.78 is 38.9. The summed E-state index contributed by atoms with van der Waals surface area (Å²) in [6, 6.07) is 12.6. The lowest BCUT2D eigenvalue weighted by molar-refractivity contribution is -0.155. The van der Waals surface area contributed by atoms with Crippen molar-refractivity contribution in [3.05, 3.63) is 77.4 Å². The minimum Gasteiger partial charge on any atom is -0.480 e. The highest BCUT2D eigenvalue weighted by Crippen LogP contribution is 2.36. The molecule has 4 rings (SSSR count). The van der Waals surface area contributed by atoms with Crippen LogP contribution in [0.3, 0.4) is 0 Å². The van der Waals surface area contributed by atoms with Crippen LogP contribution in [-0.4, -0.2) is 63.5 Å². The molecular weight excluding hydrogens is 499 g/mol. The lowest BCUT2D eigenvalue weighted by Gasteiger charge is -2.46. The van der Waals surface area contributed by atoms with E-state index in [2.05, 4.69) is 5.32 Å². The van der Waals surface area contributed by atoms with Gasteiger partial charge < -0.3 is 14.9 Å². The van der Waals surface area contributed by atoms with Gasteiger partial charge in [0.1, 0.15) is 6.04 Å². The molecule has 2 N–H and O–H groups in total. The Morgan fingerprint density at radius 2 is 1.82 bits per heavy atom. The van der Waals surface area contributed by atoms with E-state index in [4.69, 9.17) is 0 Å². The first-order valence-corrected chi connectivity index (χ1v) is 12.6. The number of carbonyl (C=O) groups excluding carboxylic acids is 2. The lowest BCUT2D eigenvalue weighted by atomic mass is 9.93. The minimum atomic E-state index is -4.47. The summed E-state index contributed by atoms with van der Waals surface area (Å²) in [6.07, 6.45) is -0.575. The highest BCUT2D eigenvalue weighted by molar-refractivity contribution is 5.92. The molecule has 2 aromatic carbocycles. The van der Waals surface area contributed by atoms with Gasteiger partial charge in [-0.15, -0.1) is 0 Å². The Labute approximate surface area is 218 Å². The molecule has 0 saturated carbocycles. The molecule has 0 aliphatic carbocycles. The average Bonchev–Trinajstić information content (AvgIpc) is 3.14. The molecule has 2 saturated heterocycles. The van der Waals surface area contributed by atoms with Crippen LogP contribution in [0.4, 0.5) is 13.2 Å². The molecule has 1 spiro atoms. The van der Waals surface area contributed by atoms with Gasteiger partial charge in [-0.1, -0.05) is 49.4 Å². The number of hydrogen-bond donors (Lipinski definition) is 2. The number of amides is 2. The van der Waals surface area contributed by atoms with E-state index in [1.807, 2.05) is 30.3 Å². The first-order valence-electron chi connectivity index (χ1n) is 12.6. The molecule has 0 radical (unpaired) electrons. The van der Waals surface area contributed by atoms with Crippen molar-refractivity contribution >= 4 is 23.9 Å². The average molecular weight is 530 g/mol. The van der Waals surface area contributed by atoms with E-state index in [1.54, 1.807) is 11.8 Å². The summed E-state index contributed by atoms with van der Waals surface area (Å²) in [5.74, 6) is -1.71. The number of carbonyl (C=O) groups is 3. The van der Waals surface area contributed by atoms with Gasteiger partial charge in [-0.25, -0.2) is 4.79 Å². The number of piperidine rings is 1. The number of nitrogens with one attached hydrogen (secondary N) is 1. The molecule has 2 unspecified atom stereocenters. The first-order chi connectivity index (χ1) is 18.0. The number of aliphatic carboxylic acids is 1. The largest absolute Gasteiger partial charge is 0.480 e. The van der Waals surface area contributed by atoms with Crippen molar-refractivity contribution in [1.29, 1.82) is 0 Å². The van der Waals surface area contributed by atoms with Crippen molar-refractivity contribution in [1.82, 2.24) is 15.1 Å². The van der Waals surface area contributed by atoms with Gasteiger partial charge in [0.2, 0.25) is 11.8 Å². The second kappa shape index (κ2) is 11.0. The van der Waals surface area contributed by atoms with Gasteiger partial charge in [0.25, 0.3) is 0 Å². The van der Waals surface area contributed by atoms with E-state index in [0.29, 0.717) is 19.3 Å². The van der Waals surface area contributed by atoms with Crippen LogP contribution in [-0.2, 0) is 27.0 Å². The van der Waals surface area contributed by atoms with E-state index >= 15 is 0 Å². The van der Waals surface area contributed by atoms with Gasteiger partial charge in [0.05, 0.1) is 17.3 Å². The number of carboxylic acid groups (broad SMARTS) is 1. The highest BCUT2D eigenvalue weighted by atomic mass is 19.4. The SMILES string of the molecule is CCC(C(=O)O)N1C(=O)C(Cc2ccccc2)NC12CCN(C(=O)C=Cc1cccc(C(F)(F)F)c1)CC2. The zero-order valence-corrected chi connectivity index (χ0v) is 20.9.